The standard InChI is InChI=1S/C31H44N2O8/c1-13(2)20-24(36)19(27(32)39)25(37)31(40)26(38)21-23(35)18-16(11-29(21,7)12-30(20,31)8)15(14(3)33-41-9)10-17(22(18)34)28(4,5)6/h10,13,19-21,24,26,34,36,38,40H,11-12H2,1-9H3,(H2,32,39)/b33-14-/t19-,20+,21-,24?,26?,29-,30-,31+/m1/s1. The summed E-state index contributed by atoms with van der Waals surface area (Å²) in [5.41, 5.74) is 2.16. The molecule has 2 unspecified atom stereocenters. The first-order valence-electron chi connectivity index (χ1n) is 14.1. The van der Waals surface area contributed by atoms with Crippen molar-refractivity contribution in [2.24, 2.45) is 45.4 Å². The number of phenolic OH excluding ortho intramolecular Hbond substituents is 1. The molecule has 0 heterocycles. The largest absolute Gasteiger partial charge is 0.507 e. The van der Waals surface area contributed by atoms with Crippen LogP contribution in [0.15, 0.2) is 11.2 Å². The van der Waals surface area contributed by atoms with Crippen LogP contribution in [0, 0.1) is 34.5 Å². The fourth-order valence-electron chi connectivity index (χ4n) is 8.68. The first-order chi connectivity index (χ1) is 18.7. The van der Waals surface area contributed by atoms with Crippen LogP contribution in [0.4, 0.5) is 0 Å². The van der Waals surface area contributed by atoms with E-state index in [1.807, 2.05) is 47.6 Å². The van der Waals surface area contributed by atoms with Gasteiger partial charge in [0.2, 0.25) is 5.91 Å². The zero-order valence-corrected chi connectivity index (χ0v) is 25.4. The number of fused-ring (bicyclic) bond motifs is 3. The number of benzene rings is 1. The van der Waals surface area contributed by atoms with Crippen molar-refractivity contribution < 1.29 is 39.6 Å². The third-order valence-electron chi connectivity index (χ3n) is 10.2. The number of aliphatic hydroxyl groups excluding tert-OH is 2. The van der Waals surface area contributed by atoms with Gasteiger partial charge < -0.3 is 31.0 Å². The van der Waals surface area contributed by atoms with Crippen molar-refractivity contribution in [3.8, 4) is 5.75 Å². The molecule has 3 aliphatic carbocycles. The number of nitrogens with two attached hydrogens (primary N) is 1. The number of rotatable bonds is 4. The van der Waals surface area contributed by atoms with Crippen LogP contribution in [-0.2, 0) is 26.3 Å². The molecule has 8 atom stereocenters. The molecular formula is C31H44N2O8. The molecule has 1 aromatic carbocycles. The maximum atomic E-state index is 14.5. The summed E-state index contributed by atoms with van der Waals surface area (Å²) in [7, 11) is 1.42. The van der Waals surface area contributed by atoms with Gasteiger partial charge in [-0.3, -0.25) is 14.4 Å². The lowest BCUT2D eigenvalue weighted by molar-refractivity contribution is -0.265. The minimum Gasteiger partial charge on any atom is -0.507 e. The van der Waals surface area contributed by atoms with Gasteiger partial charge in [0.15, 0.2) is 17.2 Å². The Kier molecular flexibility index (Phi) is 7.29. The van der Waals surface area contributed by atoms with Gasteiger partial charge in [-0.25, -0.2) is 0 Å². The highest BCUT2D eigenvalue weighted by atomic mass is 16.6. The van der Waals surface area contributed by atoms with E-state index in [4.69, 9.17) is 10.6 Å². The average molecular weight is 573 g/mol. The minimum atomic E-state index is -2.55. The van der Waals surface area contributed by atoms with Crippen molar-refractivity contribution in [1.82, 2.24) is 0 Å². The lowest BCUT2D eigenvalue weighted by atomic mass is 9.39. The fraction of sp³-hybridized carbons (Fsp3) is 0.677. The van der Waals surface area contributed by atoms with E-state index in [2.05, 4.69) is 5.16 Å². The number of aliphatic hydroxyl groups is 3. The molecule has 0 aromatic heterocycles. The first kappa shape index (κ1) is 31.1. The lowest BCUT2D eigenvalue weighted by Gasteiger charge is -2.66. The van der Waals surface area contributed by atoms with Crippen LogP contribution < -0.4 is 5.73 Å². The van der Waals surface area contributed by atoms with Crippen LogP contribution in [0.5, 0.6) is 5.75 Å². The number of aromatic hydroxyl groups is 1. The second-order valence-corrected chi connectivity index (χ2v) is 14.3. The maximum absolute atomic E-state index is 14.5. The molecular weight excluding hydrogens is 528 g/mol. The zero-order chi connectivity index (χ0) is 31.2. The molecule has 2 fully saturated rings. The first-order valence-corrected chi connectivity index (χ1v) is 14.1. The number of Topliss-reactive ketones (excluding diaryl/α,β-unsaturated/α-hetero) is 2. The summed E-state index contributed by atoms with van der Waals surface area (Å²) in [5, 5.41) is 51.2. The van der Waals surface area contributed by atoms with Crippen molar-refractivity contribution in [2.45, 2.75) is 91.5 Å². The van der Waals surface area contributed by atoms with E-state index < -0.39 is 69.3 Å². The van der Waals surface area contributed by atoms with Crippen LogP contribution in [0.3, 0.4) is 0 Å². The molecule has 1 amide bonds. The van der Waals surface area contributed by atoms with Crippen LogP contribution in [-0.4, -0.2) is 68.5 Å². The van der Waals surface area contributed by atoms with Crippen LogP contribution in [0.25, 0.3) is 0 Å². The molecule has 10 nitrogen and oxygen atoms in total. The van der Waals surface area contributed by atoms with Gasteiger partial charge in [0.05, 0.1) is 23.3 Å². The Morgan fingerprint density at radius 3 is 2.27 bits per heavy atom. The number of hydrogen-bond acceptors (Lipinski definition) is 9. The second-order valence-electron chi connectivity index (χ2n) is 14.3. The second kappa shape index (κ2) is 9.61. The molecule has 4 rings (SSSR count). The maximum Gasteiger partial charge on any atom is 0.230 e. The third-order valence-corrected chi connectivity index (χ3v) is 10.2. The number of carbonyl (C=O) groups is 3. The quantitative estimate of drug-likeness (QED) is 0.207. The monoisotopic (exact) mass is 572 g/mol. The predicted molar refractivity (Wildman–Crippen MR) is 151 cm³/mol. The van der Waals surface area contributed by atoms with E-state index in [1.54, 1.807) is 13.8 Å². The SMILES string of the molecule is CO/N=C(/C)c1cc(C(C)(C)C)c(O)c2c1C[C@]1(C)C[C@]3(C)[C@@H](C(C)C)C(O)[C@@H](C(N)=O)C(=O)[C@]3(O)C(O)[C@H]1C2=O. The van der Waals surface area contributed by atoms with Gasteiger partial charge in [-0.05, 0) is 54.1 Å². The molecule has 2 saturated carbocycles. The van der Waals surface area contributed by atoms with E-state index in [9.17, 15) is 34.8 Å². The highest BCUT2D eigenvalue weighted by molar-refractivity contribution is 6.11. The number of oxime groups is 1. The number of carbonyl (C=O) groups excluding carboxylic acids is 3. The zero-order valence-electron chi connectivity index (χ0n) is 25.4. The molecule has 41 heavy (non-hydrogen) atoms. The summed E-state index contributed by atoms with van der Waals surface area (Å²) in [5.74, 6) is -7.17. The summed E-state index contributed by atoms with van der Waals surface area (Å²) in [6.07, 6.45) is -3.12. The Bertz CT molecular complexity index is 1350. The lowest BCUT2D eigenvalue weighted by Crippen LogP contribution is -2.79. The van der Waals surface area contributed by atoms with Gasteiger partial charge in [0.1, 0.15) is 24.9 Å². The molecule has 1 aromatic rings. The highest BCUT2D eigenvalue weighted by Gasteiger charge is 2.76. The molecule has 0 bridgehead atoms. The van der Waals surface area contributed by atoms with Gasteiger partial charge in [-0.1, -0.05) is 53.6 Å². The Hall–Kier alpha value is -2.82. The molecule has 0 radical (unpaired) electrons. The summed E-state index contributed by atoms with van der Waals surface area (Å²) in [6, 6.07) is 1.81. The van der Waals surface area contributed by atoms with Crippen LogP contribution in [0.1, 0.15) is 88.9 Å². The Labute approximate surface area is 241 Å². The number of amides is 1. The average Bonchev–Trinajstić information content (AvgIpc) is 2.80. The smallest absolute Gasteiger partial charge is 0.230 e. The summed E-state index contributed by atoms with van der Waals surface area (Å²) < 4.78 is 0. The summed E-state index contributed by atoms with van der Waals surface area (Å²) in [4.78, 5) is 45.8. The Morgan fingerprint density at radius 2 is 1.78 bits per heavy atom. The Morgan fingerprint density at radius 1 is 1.20 bits per heavy atom. The van der Waals surface area contributed by atoms with Crippen LogP contribution in [0.2, 0.25) is 0 Å². The van der Waals surface area contributed by atoms with Gasteiger partial charge in [-0.15, -0.1) is 0 Å². The minimum absolute atomic E-state index is 0.0157. The number of primary amides is 1. The molecule has 0 saturated heterocycles. The van der Waals surface area contributed by atoms with Gasteiger partial charge in [0, 0.05) is 16.5 Å². The van der Waals surface area contributed by atoms with Crippen molar-refractivity contribution in [1.29, 1.82) is 0 Å². The molecule has 10 heteroatoms. The number of nitrogens with zero attached hydrogens (tertiary/aromatic N) is 1. The van der Waals surface area contributed by atoms with Gasteiger partial charge in [-0.2, -0.15) is 0 Å². The third kappa shape index (κ3) is 4.08. The molecule has 3 aliphatic rings. The number of hydrogen-bond donors (Lipinski definition) is 5. The van der Waals surface area contributed by atoms with Gasteiger partial charge in [0.25, 0.3) is 0 Å². The fourth-order valence-corrected chi connectivity index (χ4v) is 8.68. The van der Waals surface area contributed by atoms with E-state index in [0.29, 0.717) is 22.4 Å². The molecule has 0 aliphatic heterocycles. The van der Waals surface area contributed by atoms with Crippen molar-refractivity contribution >= 4 is 23.2 Å². The van der Waals surface area contributed by atoms with E-state index in [0.717, 1.165) is 0 Å². The van der Waals surface area contributed by atoms with E-state index in [1.165, 1.54) is 7.11 Å². The van der Waals surface area contributed by atoms with Crippen molar-refractivity contribution in [3.05, 3.63) is 28.3 Å². The van der Waals surface area contributed by atoms with Crippen molar-refractivity contribution in [3.63, 3.8) is 0 Å². The molecule has 0 spiro atoms. The number of phenols is 1. The molecule has 6 N–H and O–H groups in total. The Balaban J connectivity index is 2.04. The van der Waals surface area contributed by atoms with Crippen LogP contribution >= 0.6 is 0 Å². The van der Waals surface area contributed by atoms with E-state index in [-0.39, 0.29) is 30.1 Å². The summed E-state index contributed by atoms with van der Waals surface area (Å²) >= 11 is 0. The predicted octanol–water partition coefficient (Wildman–Crippen LogP) is 2.24. The summed E-state index contributed by atoms with van der Waals surface area (Å²) in [6.45, 7) is 14.5. The topological polar surface area (TPSA) is 180 Å². The van der Waals surface area contributed by atoms with Crippen molar-refractivity contribution in [2.75, 3.05) is 7.11 Å². The normalized spacial score (nSPS) is 37.4. The number of ketones is 2. The van der Waals surface area contributed by atoms with Gasteiger partial charge >= 0.3 is 0 Å². The highest BCUT2D eigenvalue weighted by Crippen LogP contribution is 2.66. The van der Waals surface area contributed by atoms with E-state index >= 15 is 0 Å². The molecule has 226 valence electrons.